The van der Waals surface area contributed by atoms with Crippen LogP contribution in [0, 0.1) is 50.2 Å². The van der Waals surface area contributed by atoms with Gasteiger partial charge in [-0.1, -0.05) is 53.2 Å². The van der Waals surface area contributed by atoms with Crippen LogP contribution < -0.4 is 0 Å². The maximum atomic E-state index is 12.8. The molecule has 0 unspecified atom stereocenters. The van der Waals surface area contributed by atoms with Gasteiger partial charge in [0.25, 0.3) is 0 Å². The standard InChI is InChI=1S/C30H46O5/c1-24(2)15-19-18-7-8-21-27(6,26(18,5)11-13-29(19,23(32)33)22(31)16-24)10-9-20-25(3,4)30(34)14-12-28(20,21)17-35-30/h7,19-22,31,34H,8-17H2,1-6H3,(H,32,33)/t19-,20-,21-,22+,26+,27+,28+,29-,30-/m0/s1. The molecule has 3 N–H and O–H groups in total. The lowest BCUT2D eigenvalue weighted by atomic mass is 9.32. The van der Waals surface area contributed by atoms with E-state index in [1.165, 1.54) is 5.57 Å². The summed E-state index contributed by atoms with van der Waals surface area (Å²) in [4.78, 5) is 12.8. The monoisotopic (exact) mass is 486 g/mol. The summed E-state index contributed by atoms with van der Waals surface area (Å²) in [5.41, 5.74) is -0.0347. The quantitative estimate of drug-likeness (QED) is 0.424. The third-order valence-corrected chi connectivity index (χ3v) is 13.5. The Balaban J connectivity index is 1.47. The van der Waals surface area contributed by atoms with E-state index in [2.05, 4.69) is 47.6 Å². The Bertz CT molecular complexity index is 987. The van der Waals surface area contributed by atoms with Gasteiger partial charge in [-0.25, -0.2) is 0 Å². The van der Waals surface area contributed by atoms with Crippen LogP contribution in [0.1, 0.15) is 99.3 Å². The summed E-state index contributed by atoms with van der Waals surface area (Å²) in [5.74, 6) is -1.03. The molecule has 0 aromatic carbocycles. The fourth-order valence-electron chi connectivity index (χ4n) is 11.2. The molecule has 1 spiro atoms. The lowest BCUT2D eigenvalue weighted by molar-refractivity contribution is -0.395. The Labute approximate surface area is 210 Å². The van der Waals surface area contributed by atoms with E-state index in [0.717, 1.165) is 38.5 Å². The zero-order valence-corrected chi connectivity index (χ0v) is 22.6. The maximum absolute atomic E-state index is 12.8. The van der Waals surface area contributed by atoms with E-state index in [9.17, 15) is 20.1 Å². The van der Waals surface area contributed by atoms with Crippen LogP contribution in [0.15, 0.2) is 11.6 Å². The molecule has 0 radical (unpaired) electrons. The van der Waals surface area contributed by atoms with Crippen LogP contribution in [0.4, 0.5) is 0 Å². The Morgan fingerprint density at radius 3 is 2.31 bits per heavy atom. The van der Waals surface area contributed by atoms with E-state index in [1.54, 1.807) is 0 Å². The van der Waals surface area contributed by atoms with Gasteiger partial charge in [0, 0.05) is 17.3 Å². The third-order valence-electron chi connectivity index (χ3n) is 13.5. The SMILES string of the molecule is CC1(C)C[C@@H](O)[C@]2(C(=O)O)CC[C@]3(C)C(=CC[C@@H]4[C@]56CC[C@](O)(OC5)C(C)(C)[C@@H]6CC[C@]43C)[C@@H]2C1. The van der Waals surface area contributed by atoms with Crippen molar-refractivity contribution < 1.29 is 24.9 Å². The number of carboxylic acids is 1. The molecule has 6 fully saturated rings. The highest BCUT2D eigenvalue weighted by molar-refractivity contribution is 5.77. The molecule has 0 amide bonds. The Morgan fingerprint density at radius 1 is 0.971 bits per heavy atom. The molecule has 2 bridgehead atoms. The topological polar surface area (TPSA) is 87.0 Å². The Hall–Kier alpha value is -0.910. The second-order valence-electron chi connectivity index (χ2n) is 15.3. The average molecular weight is 487 g/mol. The van der Waals surface area contributed by atoms with Crippen LogP contribution >= 0.6 is 0 Å². The number of carbonyl (C=O) groups is 1. The maximum Gasteiger partial charge on any atom is 0.312 e. The smallest absolute Gasteiger partial charge is 0.312 e. The van der Waals surface area contributed by atoms with Crippen LogP contribution in [-0.4, -0.2) is 39.8 Å². The molecule has 0 aromatic heterocycles. The largest absolute Gasteiger partial charge is 0.481 e. The second-order valence-corrected chi connectivity index (χ2v) is 15.3. The van der Waals surface area contributed by atoms with Gasteiger partial charge < -0.3 is 20.1 Å². The van der Waals surface area contributed by atoms with Crippen molar-refractivity contribution in [1.29, 1.82) is 0 Å². The first-order valence-corrected chi connectivity index (χ1v) is 14.1. The zero-order valence-electron chi connectivity index (χ0n) is 22.6. The number of fused-ring (bicyclic) bond motifs is 7. The molecule has 9 atom stereocenters. The molecule has 2 heterocycles. The highest BCUT2D eigenvalue weighted by Crippen LogP contribution is 2.77. The number of aliphatic carboxylic acids is 1. The van der Waals surface area contributed by atoms with Crippen molar-refractivity contribution in [2.75, 3.05) is 6.61 Å². The summed E-state index contributed by atoms with van der Waals surface area (Å²) in [6.07, 6.45) is 9.28. The normalized spacial score (nSPS) is 55.6. The molecule has 7 rings (SSSR count). The summed E-state index contributed by atoms with van der Waals surface area (Å²) < 4.78 is 6.30. The number of hydrogen-bond donors (Lipinski definition) is 3. The highest BCUT2D eigenvalue weighted by atomic mass is 16.6. The number of ether oxygens (including phenoxy) is 1. The Kier molecular flexibility index (Phi) is 4.71. The molecule has 35 heavy (non-hydrogen) atoms. The first kappa shape index (κ1) is 24.4. The van der Waals surface area contributed by atoms with Gasteiger partial charge in [-0.2, -0.15) is 0 Å². The van der Waals surface area contributed by atoms with Crippen LogP contribution in [0.5, 0.6) is 0 Å². The number of hydrogen-bond acceptors (Lipinski definition) is 4. The fourth-order valence-corrected chi connectivity index (χ4v) is 11.2. The number of carboxylic acid groups (broad SMARTS) is 1. The fraction of sp³-hybridized carbons (Fsp3) is 0.900. The minimum absolute atomic E-state index is 0.0526. The van der Waals surface area contributed by atoms with Gasteiger partial charge in [-0.05, 0) is 85.4 Å². The predicted octanol–water partition coefficient (Wildman–Crippen LogP) is 5.54. The molecule has 5 heteroatoms. The van der Waals surface area contributed by atoms with Crippen molar-refractivity contribution in [3.8, 4) is 0 Å². The molecule has 2 saturated heterocycles. The highest BCUT2D eigenvalue weighted by Gasteiger charge is 2.74. The van der Waals surface area contributed by atoms with Gasteiger partial charge in [0.05, 0.1) is 12.7 Å². The molecule has 5 aliphatic carbocycles. The van der Waals surface area contributed by atoms with Crippen LogP contribution in [0.3, 0.4) is 0 Å². The summed E-state index contributed by atoms with van der Waals surface area (Å²) in [6.45, 7) is 14.4. The van der Waals surface area contributed by atoms with Crippen molar-refractivity contribution in [2.45, 2.75) is 111 Å². The lowest BCUT2D eigenvalue weighted by Gasteiger charge is -2.74. The first-order valence-electron chi connectivity index (χ1n) is 14.1. The molecular weight excluding hydrogens is 440 g/mol. The summed E-state index contributed by atoms with van der Waals surface area (Å²) in [6, 6.07) is 0. The molecule has 0 aromatic rings. The van der Waals surface area contributed by atoms with E-state index in [0.29, 0.717) is 37.7 Å². The molecule has 2 aliphatic heterocycles. The van der Waals surface area contributed by atoms with Crippen LogP contribution in [0.25, 0.3) is 0 Å². The second kappa shape index (κ2) is 6.74. The molecule has 4 saturated carbocycles. The Morgan fingerprint density at radius 2 is 1.69 bits per heavy atom. The minimum atomic E-state index is -1.06. The van der Waals surface area contributed by atoms with Gasteiger partial charge in [-0.15, -0.1) is 0 Å². The third kappa shape index (κ3) is 2.59. The number of rotatable bonds is 1. The summed E-state index contributed by atoms with van der Waals surface area (Å²) in [7, 11) is 0. The average Bonchev–Trinajstić information content (AvgIpc) is 2.74. The van der Waals surface area contributed by atoms with Crippen molar-refractivity contribution in [3.63, 3.8) is 0 Å². The number of allylic oxidation sites excluding steroid dienone is 2. The van der Waals surface area contributed by atoms with Crippen LogP contribution in [0.2, 0.25) is 0 Å². The zero-order chi connectivity index (χ0) is 25.4. The van der Waals surface area contributed by atoms with Crippen molar-refractivity contribution in [2.24, 2.45) is 50.2 Å². The summed E-state index contributed by atoms with van der Waals surface area (Å²) in [5, 5.41) is 33.2. The minimum Gasteiger partial charge on any atom is -0.481 e. The van der Waals surface area contributed by atoms with E-state index in [-0.39, 0.29) is 33.0 Å². The molecule has 196 valence electrons. The predicted molar refractivity (Wildman–Crippen MR) is 133 cm³/mol. The number of aliphatic hydroxyl groups excluding tert-OH is 1. The molecule has 7 aliphatic rings. The van der Waals surface area contributed by atoms with Crippen LogP contribution in [-0.2, 0) is 9.53 Å². The van der Waals surface area contributed by atoms with E-state index in [1.807, 2.05) is 0 Å². The first-order chi connectivity index (χ1) is 16.1. The van der Waals surface area contributed by atoms with Gasteiger partial charge in [0.1, 0.15) is 5.41 Å². The van der Waals surface area contributed by atoms with Gasteiger partial charge in [0.15, 0.2) is 5.79 Å². The van der Waals surface area contributed by atoms with E-state index in [4.69, 9.17) is 4.74 Å². The van der Waals surface area contributed by atoms with Crippen molar-refractivity contribution in [3.05, 3.63) is 11.6 Å². The number of aliphatic hydroxyl groups is 2. The molecular formula is C30H46O5. The van der Waals surface area contributed by atoms with Crippen molar-refractivity contribution >= 4 is 5.97 Å². The summed E-state index contributed by atoms with van der Waals surface area (Å²) >= 11 is 0. The molecule has 5 nitrogen and oxygen atoms in total. The van der Waals surface area contributed by atoms with E-state index >= 15 is 0 Å². The van der Waals surface area contributed by atoms with Gasteiger partial charge >= 0.3 is 5.97 Å². The van der Waals surface area contributed by atoms with Gasteiger partial charge in [-0.3, -0.25) is 4.79 Å². The van der Waals surface area contributed by atoms with Crippen molar-refractivity contribution in [1.82, 2.24) is 0 Å². The van der Waals surface area contributed by atoms with Gasteiger partial charge in [0.2, 0.25) is 0 Å². The van der Waals surface area contributed by atoms with E-state index < -0.39 is 23.3 Å². The lowest BCUT2D eigenvalue weighted by Crippen LogP contribution is -2.73.